The Bertz CT molecular complexity index is 726. The van der Waals surface area contributed by atoms with E-state index in [9.17, 15) is 4.39 Å². The van der Waals surface area contributed by atoms with Crippen molar-refractivity contribution in [3.8, 4) is 0 Å². The first-order valence-corrected chi connectivity index (χ1v) is 8.54. The Labute approximate surface area is 143 Å². The highest BCUT2D eigenvalue weighted by Crippen LogP contribution is 2.37. The molecule has 24 heavy (non-hydrogen) atoms. The second kappa shape index (κ2) is 7.03. The molecule has 2 aromatic rings. The molecule has 1 aromatic carbocycles. The average molecular weight is 331 g/mol. The highest BCUT2D eigenvalue weighted by Gasteiger charge is 2.33. The van der Waals surface area contributed by atoms with Crippen molar-refractivity contribution in [1.29, 1.82) is 0 Å². The summed E-state index contributed by atoms with van der Waals surface area (Å²) in [5, 5.41) is 7.97. The molecule has 5 heteroatoms. The Morgan fingerprint density at radius 3 is 2.79 bits per heavy atom. The quantitative estimate of drug-likeness (QED) is 0.913. The van der Waals surface area contributed by atoms with Crippen molar-refractivity contribution in [3.63, 3.8) is 0 Å². The molecule has 130 valence electrons. The lowest BCUT2D eigenvalue weighted by atomic mass is 9.94. The van der Waals surface area contributed by atoms with Crippen LogP contribution in [0.5, 0.6) is 0 Å². The fraction of sp³-hybridized carbons (Fsp3) is 0.526. The maximum absolute atomic E-state index is 13.6. The Morgan fingerprint density at radius 2 is 2.12 bits per heavy atom. The molecule has 1 aliphatic heterocycles. The largest absolute Gasteiger partial charge is 0.373 e. The highest BCUT2D eigenvalue weighted by molar-refractivity contribution is 5.28. The van der Waals surface area contributed by atoms with Crippen LogP contribution in [0.4, 0.5) is 4.39 Å². The molecular weight excluding hydrogens is 305 g/mol. The number of ether oxygens (including phenoxy) is 1. The lowest BCUT2D eigenvalue weighted by Gasteiger charge is -2.20. The second-order valence-electron chi connectivity index (χ2n) is 6.76. The Balaban J connectivity index is 1.63. The first-order chi connectivity index (χ1) is 11.5. The summed E-state index contributed by atoms with van der Waals surface area (Å²) in [5.41, 5.74) is 5.11. The molecule has 0 unspecified atom stereocenters. The molecule has 0 saturated carbocycles. The van der Waals surface area contributed by atoms with Gasteiger partial charge in [-0.15, -0.1) is 0 Å². The smallest absolute Gasteiger partial charge is 0.126 e. The summed E-state index contributed by atoms with van der Waals surface area (Å²) in [7, 11) is 1.97. The summed E-state index contributed by atoms with van der Waals surface area (Å²) in [5.74, 6) is 0.278. The number of nitrogens with one attached hydrogen (secondary N) is 1. The topological polar surface area (TPSA) is 39.1 Å². The number of nitrogens with zero attached hydrogens (tertiary/aromatic N) is 2. The minimum atomic E-state index is -0.141. The van der Waals surface area contributed by atoms with Crippen LogP contribution in [-0.2, 0) is 18.3 Å². The SMILES string of the molecule is Cc1ccc(CNC[C@H]2CCO[C@H]2c2c(C)nn(C)c2C)cc1F. The van der Waals surface area contributed by atoms with Crippen LogP contribution in [0.25, 0.3) is 0 Å². The Hall–Kier alpha value is -1.72. The summed E-state index contributed by atoms with van der Waals surface area (Å²) in [6.07, 6.45) is 1.13. The van der Waals surface area contributed by atoms with Crippen LogP contribution in [0.15, 0.2) is 18.2 Å². The van der Waals surface area contributed by atoms with Gasteiger partial charge in [0.25, 0.3) is 0 Å². The molecule has 1 aromatic heterocycles. The first-order valence-electron chi connectivity index (χ1n) is 8.54. The molecule has 0 bridgehead atoms. The van der Waals surface area contributed by atoms with E-state index >= 15 is 0 Å². The van der Waals surface area contributed by atoms with Gasteiger partial charge in [-0.2, -0.15) is 5.10 Å². The molecule has 4 nitrogen and oxygen atoms in total. The van der Waals surface area contributed by atoms with Crippen molar-refractivity contribution in [2.45, 2.75) is 39.8 Å². The van der Waals surface area contributed by atoms with Gasteiger partial charge in [0.1, 0.15) is 5.82 Å². The molecular formula is C19H26FN3O. The number of hydrogen-bond donors (Lipinski definition) is 1. The third kappa shape index (κ3) is 3.37. The predicted molar refractivity (Wildman–Crippen MR) is 92.3 cm³/mol. The van der Waals surface area contributed by atoms with Crippen molar-refractivity contribution < 1.29 is 9.13 Å². The molecule has 0 aliphatic carbocycles. The fourth-order valence-corrected chi connectivity index (χ4v) is 3.51. The van der Waals surface area contributed by atoms with E-state index in [1.807, 2.05) is 30.8 Å². The van der Waals surface area contributed by atoms with E-state index in [4.69, 9.17) is 4.74 Å². The maximum Gasteiger partial charge on any atom is 0.126 e. The van der Waals surface area contributed by atoms with Gasteiger partial charge in [-0.25, -0.2) is 4.39 Å². The number of halogens is 1. The molecule has 2 atom stereocenters. The van der Waals surface area contributed by atoms with E-state index in [1.165, 1.54) is 11.3 Å². The second-order valence-corrected chi connectivity index (χ2v) is 6.76. The van der Waals surface area contributed by atoms with Crippen LogP contribution in [-0.4, -0.2) is 22.9 Å². The van der Waals surface area contributed by atoms with Gasteiger partial charge in [-0.05, 0) is 44.4 Å². The van der Waals surface area contributed by atoms with Gasteiger partial charge in [-0.1, -0.05) is 12.1 Å². The van der Waals surface area contributed by atoms with Crippen molar-refractivity contribution in [2.24, 2.45) is 13.0 Å². The van der Waals surface area contributed by atoms with Gasteiger partial charge < -0.3 is 10.1 Å². The summed E-state index contributed by atoms with van der Waals surface area (Å²) < 4.78 is 21.6. The zero-order chi connectivity index (χ0) is 17.3. The maximum atomic E-state index is 13.6. The molecule has 1 N–H and O–H groups in total. The van der Waals surface area contributed by atoms with Gasteiger partial charge in [0.2, 0.25) is 0 Å². The molecule has 1 fully saturated rings. The van der Waals surface area contributed by atoms with Crippen LogP contribution in [0.3, 0.4) is 0 Å². The van der Waals surface area contributed by atoms with Gasteiger partial charge in [0.05, 0.1) is 11.8 Å². The molecule has 0 amide bonds. The Kier molecular flexibility index (Phi) is 5.01. The normalized spacial score (nSPS) is 20.7. The van der Waals surface area contributed by atoms with Crippen LogP contribution in [0.2, 0.25) is 0 Å². The number of hydrogen-bond acceptors (Lipinski definition) is 3. The number of aromatic nitrogens is 2. The van der Waals surface area contributed by atoms with E-state index in [2.05, 4.69) is 17.3 Å². The minimum absolute atomic E-state index is 0.0981. The summed E-state index contributed by atoms with van der Waals surface area (Å²) in [4.78, 5) is 0. The predicted octanol–water partition coefficient (Wildman–Crippen LogP) is 3.35. The van der Waals surface area contributed by atoms with Crippen molar-refractivity contribution >= 4 is 0 Å². The van der Waals surface area contributed by atoms with Crippen LogP contribution in [0.1, 0.15) is 40.6 Å². The summed E-state index contributed by atoms with van der Waals surface area (Å²) >= 11 is 0. The molecule has 0 radical (unpaired) electrons. The summed E-state index contributed by atoms with van der Waals surface area (Å²) in [6, 6.07) is 5.42. The Morgan fingerprint density at radius 1 is 1.33 bits per heavy atom. The fourth-order valence-electron chi connectivity index (χ4n) is 3.51. The van der Waals surface area contributed by atoms with E-state index in [-0.39, 0.29) is 11.9 Å². The third-order valence-corrected chi connectivity index (χ3v) is 5.04. The average Bonchev–Trinajstić information content (AvgIpc) is 3.08. The number of rotatable bonds is 5. The van der Waals surface area contributed by atoms with Crippen molar-refractivity contribution in [2.75, 3.05) is 13.2 Å². The highest BCUT2D eigenvalue weighted by atomic mass is 19.1. The minimum Gasteiger partial charge on any atom is -0.373 e. The third-order valence-electron chi connectivity index (χ3n) is 5.04. The van der Waals surface area contributed by atoms with Gasteiger partial charge >= 0.3 is 0 Å². The van der Waals surface area contributed by atoms with E-state index < -0.39 is 0 Å². The van der Waals surface area contributed by atoms with Crippen LogP contribution in [0, 0.1) is 32.5 Å². The lowest BCUT2D eigenvalue weighted by molar-refractivity contribution is 0.0893. The number of benzene rings is 1. The standard InChI is InChI=1S/C19H26FN3O/c1-12-5-6-15(9-17(12)20)10-21-11-16-7-8-24-19(16)18-13(2)22-23(4)14(18)3/h5-6,9,16,19,21H,7-8,10-11H2,1-4H3/t16-,19-/m1/s1. The zero-order valence-corrected chi connectivity index (χ0v) is 14.9. The first kappa shape index (κ1) is 17.1. The van der Waals surface area contributed by atoms with E-state index in [0.717, 1.165) is 30.8 Å². The molecule has 2 heterocycles. The van der Waals surface area contributed by atoms with Gasteiger partial charge in [0.15, 0.2) is 0 Å². The molecule has 1 aliphatic rings. The molecule has 0 spiro atoms. The van der Waals surface area contributed by atoms with Crippen molar-refractivity contribution in [1.82, 2.24) is 15.1 Å². The summed E-state index contributed by atoms with van der Waals surface area (Å²) in [6.45, 7) is 8.23. The molecule has 3 rings (SSSR count). The zero-order valence-electron chi connectivity index (χ0n) is 14.9. The van der Waals surface area contributed by atoms with Crippen molar-refractivity contribution in [3.05, 3.63) is 52.1 Å². The monoisotopic (exact) mass is 331 g/mol. The van der Waals surface area contributed by atoms with E-state index in [1.54, 1.807) is 13.0 Å². The lowest BCUT2D eigenvalue weighted by Crippen LogP contribution is -2.25. The van der Waals surface area contributed by atoms with Gasteiger partial charge in [0, 0.05) is 43.9 Å². The van der Waals surface area contributed by atoms with Gasteiger partial charge in [-0.3, -0.25) is 4.68 Å². The number of aryl methyl sites for hydroxylation is 3. The van der Waals surface area contributed by atoms with Crippen LogP contribution >= 0.6 is 0 Å². The van der Waals surface area contributed by atoms with Crippen LogP contribution < -0.4 is 5.32 Å². The van der Waals surface area contributed by atoms with E-state index in [0.29, 0.717) is 18.0 Å². The molecule has 1 saturated heterocycles.